The van der Waals surface area contributed by atoms with Crippen LogP contribution in [0, 0.1) is 18.3 Å². The average Bonchev–Trinajstić information content (AvgIpc) is 2.85. The Morgan fingerprint density at radius 1 is 0.950 bits per heavy atom. The Balaban J connectivity index is 2.30. The van der Waals surface area contributed by atoms with E-state index in [4.69, 9.17) is 0 Å². The number of aromatic nitrogens is 2. The van der Waals surface area contributed by atoms with Crippen molar-refractivity contribution in [3.63, 3.8) is 0 Å². The molecule has 0 aliphatic heterocycles. The second-order valence-electron chi connectivity index (χ2n) is 4.53. The second-order valence-corrected chi connectivity index (χ2v) is 4.53. The fraction of sp³-hybridized carbons (Fsp3) is 0.0588. The average molecular weight is 259 g/mol. The van der Waals surface area contributed by atoms with Crippen molar-refractivity contribution in [3.05, 3.63) is 71.9 Å². The number of nitriles is 1. The number of hydrogen-bond donors (Lipinski definition) is 0. The van der Waals surface area contributed by atoms with Gasteiger partial charge in [-0.3, -0.25) is 0 Å². The van der Waals surface area contributed by atoms with Crippen molar-refractivity contribution in [2.75, 3.05) is 0 Å². The Hall–Kier alpha value is -2.86. The van der Waals surface area contributed by atoms with E-state index in [1.54, 1.807) is 0 Å². The third kappa shape index (κ3) is 1.98. The first-order valence-corrected chi connectivity index (χ1v) is 6.42. The Morgan fingerprint density at radius 3 is 2.15 bits per heavy atom. The fourth-order valence-electron chi connectivity index (χ4n) is 2.28. The van der Waals surface area contributed by atoms with E-state index in [0.29, 0.717) is 5.56 Å². The molecule has 0 aliphatic rings. The van der Waals surface area contributed by atoms with Gasteiger partial charge in [-0.25, -0.2) is 4.68 Å². The molecule has 0 saturated heterocycles. The van der Waals surface area contributed by atoms with E-state index < -0.39 is 0 Å². The van der Waals surface area contributed by atoms with E-state index >= 15 is 0 Å². The highest BCUT2D eigenvalue weighted by molar-refractivity contribution is 5.70. The molecule has 0 aliphatic carbocycles. The van der Waals surface area contributed by atoms with Gasteiger partial charge < -0.3 is 0 Å². The van der Waals surface area contributed by atoms with E-state index in [9.17, 15) is 5.26 Å². The molecular weight excluding hydrogens is 246 g/mol. The van der Waals surface area contributed by atoms with Gasteiger partial charge in [0.15, 0.2) is 0 Å². The summed E-state index contributed by atoms with van der Waals surface area (Å²) in [5, 5.41) is 13.9. The van der Waals surface area contributed by atoms with Crippen molar-refractivity contribution >= 4 is 0 Å². The highest BCUT2D eigenvalue weighted by atomic mass is 15.3. The molecule has 0 spiro atoms. The molecule has 1 heterocycles. The minimum atomic E-state index is 0.625. The SMILES string of the molecule is Cc1nn(-c2ccccc2)c(-c2ccccc2)c1C#N. The summed E-state index contributed by atoms with van der Waals surface area (Å²) in [6.07, 6.45) is 0. The largest absolute Gasteiger partial charge is 0.231 e. The minimum Gasteiger partial charge on any atom is -0.231 e. The molecule has 0 saturated carbocycles. The van der Waals surface area contributed by atoms with E-state index in [2.05, 4.69) is 11.2 Å². The maximum atomic E-state index is 9.42. The van der Waals surface area contributed by atoms with Gasteiger partial charge >= 0.3 is 0 Å². The molecule has 0 amide bonds. The molecule has 0 N–H and O–H groups in total. The van der Waals surface area contributed by atoms with Gasteiger partial charge in [-0.2, -0.15) is 10.4 Å². The van der Waals surface area contributed by atoms with Crippen LogP contribution in [-0.4, -0.2) is 9.78 Å². The van der Waals surface area contributed by atoms with Crippen molar-refractivity contribution in [1.82, 2.24) is 9.78 Å². The van der Waals surface area contributed by atoms with Gasteiger partial charge in [0.2, 0.25) is 0 Å². The molecule has 1 aromatic heterocycles. The Labute approximate surface area is 117 Å². The van der Waals surface area contributed by atoms with Gasteiger partial charge in [0.25, 0.3) is 0 Å². The lowest BCUT2D eigenvalue weighted by Gasteiger charge is -2.07. The lowest BCUT2D eigenvalue weighted by Crippen LogP contribution is -1.99. The Bertz CT molecular complexity index is 765. The van der Waals surface area contributed by atoms with Crippen LogP contribution in [0.3, 0.4) is 0 Å². The van der Waals surface area contributed by atoms with Crippen LogP contribution in [0.1, 0.15) is 11.3 Å². The van der Waals surface area contributed by atoms with Gasteiger partial charge in [0, 0.05) is 5.56 Å². The summed E-state index contributed by atoms with van der Waals surface area (Å²) >= 11 is 0. The molecule has 0 unspecified atom stereocenters. The molecule has 3 nitrogen and oxygen atoms in total. The molecule has 3 rings (SSSR count). The van der Waals surface area contributed by atoms with Crippen molar-refractivity contribution in [2.45, 2.75) is 6.92 Å². The summed E-state index contributed by atoms with van der Waals surface area (Å²) in [6.45, 7) is 1.87. The van der Waals surface area contributed by atoms with Crippen LogP contribution in [0.5, 0.6) is 0 Å². The number of benzene rings is 2. The highest BCUT2D eigenvalue weighted by Gasteiger charge is 2.17. The number of nitrogens with zero attached hydrogens (tertiary/aromatic N) is 3. The molecule has 20 heavy (non-hydrogen) atoms. The smallest absolute Gasteiger partial charge is 0.103 e. The van der Waals surface area contributed by atoms with E-state index in [1.807, 2.05) is 72.3 Å². The minimum absolute atomic E-state index is 0.625. The first kappa shape index (κ1) is 12.2. The van der Waals surface area contributed by atoms with E-state index in [1.165, 1.54) is 0 Å². The molecule has 2 aromatic carbocycles. The molecule has 0 radical (unpaired) electrons. The molecule has 0 bridgehead atoms. The standard InChI is InChI=1S/C17H13N3/c1-13-16(12-18)17(14-8-4-2-5-9-14)20(19-13)15-10-6-3-7-11-15/h2-11H,1H3. The van der Waals surface area contributed by atoms with Crippen LogP contribution in [-0.2, 0) is 0 Å². The zero-order valence-corrected chi connectivity index (χ0v) is 11.1. The van der Waals surface area contributed by atoms with E-state index in [0.717, 1.165) is 22.6 Å². The lowest BCUT2D eigenvalue weighted by molar-refractivity contribution is 0.869. The van der Waals surface area contributed by atoms with Crippen LogP contribution in [0.4, 0.5) is 0 Å². The van der Waals surface area contributed by atoms with Crippen molar-refractivity contribution in [2.24, 2.45) is 0 Å². The maximum absolute atomic E-state index is 9.42. The zero-order chi connectivity index (χ0) is 13.9. The molecular formula is C17H13N3. The first-order chi connectivity index (χ1) is 9.81. The second kappa shape index (κ2) is 5.02. The quantitative estimate of drug-likeness (QED) is 0.703. The van der Waals surface area contributed by atoms with Crippen molar-refractivity contribution in [1.29, 1.82) is 5.26 Å². The predicted octanol–water partition coefficient (Wildman–Crippen LogP) is 3.72. The third-order valence-electron chi connectivity index (χ3n) is 3.22. The van der Waals surface area contributed by atoms with Gasteiger partial charge in [-0.1, -0.05) is 48.5 Å². The normalized spacial score (nSPS) is 10.2. The van der Waals surface area contributed by atoms with Crippen LogP contribution in [0.2, 0.25) is 0 Å². The molecule has 3 aromatic rings. The Morgan fingerprint density at radius 2 is 1.55 bits per heavy atom. The van der Waals surface area contributed by atoms with Crippen LogP contribution >= 0.6 is 0 Å². The number of rotatable bonds is 2. The fourth-order valence-corrected chi connectivity index (χ4v) is 2.28. The van der Waals surface area contributed by atoms with Crippen LogP contribution in [0.25, 0.3) is 16.9 Å². The highest BCUT2D eigenvalue weighted by Crippen LogP contribution is 2.28. The molecule has 3 heteroatoms. The van der Waals surface area contributed by atoms with Crippen LogP contribution in [0.15, 0.2) is 60.7 Å². The molecule has 0 fully saturated rings. The summed E-state index contributed by atoms with van der Waals surface area (Å²) in [7, 11) is 0. The summed E-state index contributed by atoms with van der Waals surface area (Å²) < 4.78 is 1.84. The van der Waals surface area contributed by atoms with Gasteiger partial charge in [0.1, 0.15) is 11.6 Å². The number of para-hydroxylation sites is 1. The van der Waals surface area contributed by atoms with Gasteiger partial charge in [0.05, 0.1) is 17.1 Å². The Kier molecular flexibility index (Phi) is 3.06. The van der Waals surface area contributed by atoms with Gasteiger partial charge in [-0.05, 0) is 19.1 Å². The number of hydrogen-bond acceptors (Lipinski definition) is 2. The molecule has 96 valence electrons. The first-order valence-electron chi connectivity index (χ1n) is 6.42. The molecule has 0 atom stereocenters. The van der Waals surface area contributed by atoms with E-state index in [-0.39, 0.29) is 0 Å². The maximum Gasteiger partial charge on any atom is 0.103 e. The number of aryl methyl sites for hydroxylation is 1. The van der Waals surface area contributed by atoms with Crippen molar-refractivity contribution < 1.29 is 0 Å². The van der Waals surface area contributed by atoms with Gasteiger partial charge in [-0.15, -0.1) is 0 Å². The lowest BCUT2D eigenvalue weighted by atomic mass is 10.1. The van der Waals surface area contributed by atoms with Crippen LogP contribution < -0.4 is 0 Å². The zero-order valence-electron chi connectivity index (χ0n) is 11.1. The summed E-state index contributed by atoms with van der Waals surface area (Å²) in [5.74, 6) is 0. The predicted molar refractivity (Wildman–Crippen MR) is 78.5 cm³/mol. The summed E-state index contributed by atoms with van der Waals surface area (Å²) in [4.78, 5) is 0. The monoisotopic (exact) mass is 259 g/mol. The summed E-state index contributed by atoms with van der Waals surface area (Å²) in [5.41, 5.74) is 4.16. The van der Waals surface area contributed by atoms with Crippen molar-refractivity contribution in [3.8, 4) is 23.0 Å². The third-order valence-corrected chi connectivity index (χ3v) is 3.22. The summed E-state index contributed by atoms with van der Waals surface area (Å²) in [6, 6.07) is 22.0. The topological polar surface area (TPSA) is 41.6 Å².